The van der Waals surface area contributed by atoms with Crippen molar-refractivity contribution in [2.75, 3.05) is 0 Å². The summed E-state index contributed by atoms with van der Waals surface area (Å²) in [5.74, 6) is -1.15. The van der Waals surface area contributed by atoms with Crippen LogP contribution in [0.25, 0.3) is 10.9 Å². The lowest BCUT2D eigenvalue weighted by molar-refractivity contribution is 0.100. The first kappa shape index (κ1) is 9.58. The molecule has 15 heavy (non-hydrogen) atoms. The van der Waals surface area contributed by atoms with Gasteiger partial charge in [-0.15, -0.1) is 0 Å². The number of nitrogens with two attached hydrogens (primary N) is 1. The van der Waals surface area contributed by atoms with Crippen LogP contribution in [-0.2, 0) is 0 Å². The molecule has 0 unspecified atom stereocenters. The van der Waals surface area contributed by atoms with Gasteiger partial charge < -0.3 is 5.73 Å². The first-order valence-electron chi connectivity index (χ1n) is 4.44. The van der Waals surface area contributed by atoms with Crippen LogP contribution in [0.1, 0.15) is 16.1 Å². The molecular weight excluding hydrogens is 195 g/mol. The summed E-state index contributed by atoms with van der Waals surface area (Å²) in [6.45, 7) is 1.80. The van der Waals surface area contributed by atoms with Gasteiger partial charge in [0.25, 0.3) is 5.91 Å². The van der Waals surface area contributed by atoms with Gasteiger partial charge in [0.15, 0.2) is 0 Å². The summed E-state index contributed by atoms with van der Waals surface area (Å²) in [5, 5.41) is 0.578. The predicted octanol–water partition coefficient (Wildman–Crippen LogP) is 1.78. The van der Waals surface area contributed by atoms with Crippen molar-refractivity contribution in [3.05, 3.63) is 41.3 Å². The maximum atomic E-state index is 13.1. The van der Waals surface area contributed by atoms with E-state index in [1.54, 1.807) is 19.1 Å². The van der Waals surface area contributed by atoms with Gasteiger partial charge in [0.05, 0.1) is 11.1 Å². The number of nitrogens with zero attached hydrogens (tertiary/aromatic N) is 1. The van der Waals surface area contributed by atoms with Gasteiger partial charge in [-0.1, -0.05) is 6.07 Å². The van der Waals surface area contributed by atoms with Crippen molar-refractivity contribution in [3.63, 3.8) is 0 Å². The van der Waals surface area contributed by atoms with E-state index in [4.69, 9.17) is 5.73 Å². The molecular formula is C11H9FN2O. The summed E-state index contributed by atoms with van der Waals surface area (Å²) < 4.78 is 13.1. The second-order valence-corrected chi connectivity index (χ2v) is 3.34. The third-order valence-electron chi connectivity index (χ3n) is 2.16. The number of carbonyl (C=O) groups is 1. The number of pyridine rings is 1. The highest BCUT2D eigenvalue weighted by Crippen LogP contribution is 2.18. The smallest absolute Gasteiger partial charge is 0.251 e. The number of amides is 1. The molecule has 2 aromatic rings. The normalized spacial score (nSPS) is 10.5. The van der Waals surface area contributed by atoms with E-state index < -0.39 is 11.7 Å². The third-order valence-corrected chi connectivity index (χ3v) is 2.16. The molecule has 0 aliphatic heterocycles. The number of aromatic nitrogens is 1. The molecule has 2 N–H and O–H groups in total. The molecule has 2 rings (SSSR count). The van der Waals surface area contributed by atoms with Gasteiger partial charge in [-0.3, -0.25) is 9.78 Å². The zero-order chi connectivity index (χ0) is 11.0. The maximum absolute atomic E-state index is 13.1. The molecule has 0 atom stereocenters. The van der Waals surface area contributed by atoms with E-state index in [1.165, 1.54) is 6.07 Å². The molecule has 0 saturated heterocycles. The molecule has 76 valence electrons. The van der Waals surface area contributed by atoms with Gasteiger partial charge in [-0.25, -0.2) is 4.39 Å². The van der Waals surface area contributed by atoms with E-state index in [-0.39, 0.29) is 5.56 Å². The van der Waals surface area contributed by atoms with E-state index in [0.29, 0.717) is 10.9 Å². The molecule has 1 aromatic carbocycles. The summed E-state index contributed by atoms with van der Waals surface area (Å²) in [4.78, 5) is 15.3. The first-order valence-corrected chi connectivity index (χ1v) is 4.44. The number of fused-ring (bicyclic) bond motifs is 1. The van der Waals surface area contributed by atoms with E-state index in [1.807, 2.05) is 0 Å². The second-order valence-electron chi connectivity index (χ2n) is 3.34. The summed E-state index contributed by atoms with van der Waals surface area (Å²) in [5.41, 5.74) is 6.48. The Morgan fingerprint density at radius 2 is 2.13 bits per heavy atom. The van der Waals surface area contributed by atoms with Crippen LogP contribution in [0.2, 0.25) is 0 Å². The largest absolute Gasteiger partial charge is 0.366 e. The Morgan fingerprint density at radius 3 is 2.80 bits per heavy atom. The Morgan fingerprint density at radius 1 is 1.40 bits per heavy atom. The quantitative estimate of drug-likeness (QED) is 0.769. The lowest BCUT2D eigenvalue weighted by Gasteiger charge is -2.03. The molecule has 0 aliphatic rings. The highest BCUT2D eigenvalue weighted by Gasteiger charge is 2.10. The number of primary amides is 1. The number of hydrogen-bond acceptors (Lipinski definition) is 2. The van der Waals surface area contributed by atoms with Crippen LogP contribution >= 0.6 is 0 Å². The summed E-state index contributed by atoms with van der Waals surface area (Å²) in [7, 11) is 0. The minimum Gasteiger partial charge on any atom is -0.366 e. The number of rotatable bonds is 1. The Hall–Kier alpha value is -1.97. The van der Waals surface area contributed by atoms with Crippen LogP contribution in [0.4, 0.5) is 4.39 Å². The molecule has 0 saturated carbocycles. The average molecular weight is 204 g/mol. The third kappa shape index (κ3) is 1.66. The number of benzene rings is 1. The highest BCUT2D eigenvalue weighted by molar-refractivity contribution is 6.04. The van der Waals surface area contributed by atoms with Gasteiger partial charge in [-0.2, -0.15) is 0 Å². The van der Waals surface area contributed by atoms with Crippen LogP contribution in [-0.4, -0.2) is 10.9 Å². The maximum Gasteiger partial charge on any atom is 0.251 e. The molecule has 1 aromatic heterocycles. The lowest BCUT2D eigenvalue weighted by atomic mass is 10.1. The van der Waals surface area contributed by atoms with Gasteiger partial charge in [0.1, 0.15) is 5.82 Å². The number of carbonyl (C=O) groups excluding carboxylic acids is 1. The van der Waals surface area contributed by atoms with Gasteiger partial charge >= 0.3 is 0 Å². The van der Waals surface area contributed by atoms with Gasteiger partial charge in [0.2, 0.25) is 0 Å². The van der Waals surface area contributed by atoms with Crippen molar-refractivity contribution in [3.8, 4) is 0 Å². The fourth-order valence-corrected chi connectivity index (χ4v) is 1.48. The fraction of sp³-hybridized carbons (Fsp3) is 0.0909. The fourth-order valence-electron chi connectivity index (χ4n) is 1.48. The second kappa shape index (κ2) is 3.31. The van der Waals surface area contributed by atoms with Crippen molar-refractivity contribution >= 4 is 16.8 Å². The lowest BCUT2D eigenvalue weighted by Crippen LogP contribution is -2.12. The molecule has 0 radical (unpaired) electrons. The first-order chi connectivity index (χ1) is 7.08. The monoisotopic (exact) mass is 204 g/mol. The molecule has 0 fully saturated rings. The zero-order valence-corrected chi connectivity index (χ0v) is 8.12. The van der Waals surface area contributed by atoms with Gasteiger partial charge in [-0.05, 0) is 25.1 Å². The average Bonchev–Trinajstić information content (AvgIpc) is 2.17. The molecule has 0 bridgehead atoms. The summed E-state index contributed by atoms with van der Waals surface area (Å²) in [6.07, 6.45) is 0. The molecule has 1 heterocycles. The van der Waals surface area contributed by atoms with Crippen LogP contribution in [0, 0.1) is 12.7 Å². The molecule has 1 amide bonds. The van der Waals surface area contributed by atoms with Crippen molar-refractivity contribution in [1.29, 1.82) is 0 Å². The van der Waals surface area contributed by atoms with Crippen LogP contribution in [0.3, 0.4) is 0 Å². The van der Waals surface area contributed by atoms with E-state index in [9.17, 15) is 9.18 Å². The molecule has 0 aliphatic carbocycles. The van der Waals surface area contributed by atoms with Crippen molar-refractivity contribution < 1.29 is 9.18 Å². The zero-order valence-electron chi connectivity index (χ0n) is 8.12. The Labute approximate surface area is 85.7 Å². The SMILES string of the molecule is Cc1ccc2cc(F)cc(C(N)=O)c2n1. The minimum atomic E-state index is -0.669. The molecule has 0 spiro atoms. The van der Waals surface area contributed by atoms with E-state index >= 15 is 0 Å². The Bertz CT molecular complexity index is 552. The van der Waals surface area contributed by atoms with Crippen molar-refractivity contribution in [2.24, 2.45) is 5.73 Å². The minimum absolute atomic E-state index is 0.119. The van der Waals surface area contributed by atoms with Crippen LogP contribution < -0.4 is 5.73 Å². The summed E-state index contributed by atoms with van der Waals surface area (Å²) in [6, 6.07) is 5.91. The number of halogens is 1. The predicted molar refractivity (Wildman–Crippen MR) is 55.0 cm³/mol. The van der Waals surface area contributed by atoms with Crippen LogP contribution in [0.15, 0.2) is 24.3 Å². The topological polar surface area (TPSA) is 56.0 Å². The number of aryl methyl sites for hydroxylation is 1. The van der Waals surface area contributed by atoms with Crippen LogP contribution in [0.5, 0.6) is 0 Å². The van der Waals surface area contributed by atoms with Crippen molar-refractivity contribution in [1.82, 2.24) is 4.98 Å². The molecule has 4 heteroatoms. The number of hydrogen-bond donors (Lipinski definition) is 1. The standard InChI is InChI=1S/C11H9FN2O/c1-6-2-3-7-4-8(12)5-9(11(13)15)10(7)14-6/h2-5H,1H3,(H2,13,15). The highest BCUT2D eigenvalue weighted by atomic mass is 19.1. The van der Waals surface area contributed by atoms with Gasteiger partial charge in [0, 0.05) is 11.1 Å². The Balaban J connectivity index is 2.87. The van der Waals surface area contributed by atoms with E-state index in [2.05, 4.69) is 4.98 Å². The van der Waals surface area contributed by atoms with Crippen molar-refractivity contribution in [2.45, 2.75) is 6.92 Å². The Kier molecular flexibility index (Phi) is 2.11. The van der Waals surface area contributed by atoms with E-state index in [0.717, 1.165) is 11.8 Å². The molecule has 3 nitrogen and oxygen atoms in total. The summed E-state index contributed by atoms with van der Waals surface area (Å²) >= 11 is 0.